The van der Waals surface area contributed by atoms with Crippen molar-refractivity contribution in [2.45, 2.75) is 19.8 Å². The maximum atomic E-state index is 11.8. The molecule has 3 N–H and O–H groups in total. The highest BCUT2D eigenvalue weighted by atomic mass is 16.5. The number of aryl methyl sites for hydroxylation is 1. The van der Waals surface area contributed by atoms with Gasteiger partial charge in [-0.05, 0) is 36.8 Å². The van der Waals surface area contributed by atoms with Gasteiger partial charge in [-0.2, -0.15) is 0 Å². The quantitative estimate of drug-likeness (QED) is 0.498. The molecule has 0 aromatic heterocycles. The Hall–Kier alpha value is -3.68. The Morgan fingerprint density at radius 2 is 1.61 bits per heavy atom. The molecule has 28 heavy (non-hydrogen) atoms. The second kappa shape index (κ2) is 10.5. The molecule has 0 bridgehead atoms. The average molecular weight is 383 g/mol. The summed E-state index contributed by atoms with van der Waals surface area (Å²) in [5.74, 6) is -2.21. The normalized spacial score (nSPS) is 9.89. The van der Waals surface area contributed by atoms with Crippen LogP contribution >= 0.6 is 0 Å². The van der Waals surface area contributed by atoms with Gasteiger partial charge < -0.3 is 10.1 Å². The molecule has 0 unspecified atom stereocenters. The van der Waals surface area contributed by atoms with Crippen LogP contribution in [0.1, 0.15) is 28.8 Å². The highest BCUT2D eigenvalue weighted by molar-refractivity contribution is 5.95. The van der Waals surface area contributed by atoms with E-state index in [4.69, 9.17) is 4.74 Å². The third-order valence-corrected chi connectivity index (χ3v) is 3.57. The fourth-order valence-corrected chi connectivity index (χ4v) is 2.20. The lowest BCUT2D eigenvalue weighted by atomic mass is 10.2. The van der Waals surface area contributed by atoms with Crippen molar-refractivity contribution >= 4 is 29.4 Å². The largest absolute Gasteiger partial charge is 0.455 e. The lowest BCUT2D eigenvalue weighted by Gasteiger charge is -2.08. The van der Waals surface area contributed by atoms with Gasteiger partial charge in [0.2, 0.25) is 5.91 Å². The minimum absolute atomic E-state index is 0.0703. The predicted octanol–water partition coefficient (Wildman–Crippen LogP) is 1.72. The van der Waals surface area contributed by atoms with Crippen LogP contribution in [0.15, 0.2) is 54.6 Å². The van der Waals surface area contributed by atoms with Gasteiger partial charge in [-0.3, -0.25) is 30.0 Å². The Morgan fingerprint density at radius 1 is 0.857 bits per heavy atom. The lowest BCUT2D eigenvalue weighted by molar-refractivity contribution is -0.149. The summed E-state index contributed by atoms with van der Waals surface area (Å²) in [4.78, 5) is 46.9. The van der Waals surface area contributed by atoms with Crippen LogP contribution in [0.4, 0.5) is 5.69 Å². The third-order valence-electron chi connectivity index (χ3n) is 3.57. The SMILES string of the molecule is Cc1cccc(NC(=O)CCC(=O)OCC(=O)NNC(=O)c2ccccc2)c1. The predicted molar refractivity (Wildman–Crippen MR) is 102 cm³/mol. The van der Waals surface area contributed by atoms with E-state index >= 15 is 0 Å². The summed E-state index contributed by atoms with van der Waals surface area (Å²) < 4.78 is 4.78. The second-order valence-electron chi connectivity index (χ2n) is 5.95. The fourth-order valence-electron chi connectivity index (χ4n) is 2.20. The van der Waals surface area contributed by atoms with Gasteiger partial charge in [0, 0.05) is 17.7 Å². The molecular weight excluding hydrogens is 362 g/mol. The Labute approximate surface area is 162 Å². The van der Waals surface area contributed by atoms with Crippen LogP contribution in [0, 0.1) is 6.92 Å². The molecule has 0 aliphatic rings. The van der Waals surface area contributed by atoms with Crippen LogP contribution < -0.4 is 16.2 Å². The number of anilines is 1. The summed E-state index contributed by atoms with van der Waals surface area (Å²) >= 11 is 0. The number of nitrogens with one attached hydrogen (secondary N) is 3. The summed E-state index contributed by atoms with van der Waals surface area (Å²) in [5.41, 5.74) is 6.38. The molecule has 2 rings (SSSR count). The van der Waals surface area contributed by atoms with E-state index in [2.05, 4.69) is 16.2 Å². The van der Waals surface area contributed by atoms with Gasteiger partial charge >= 0.3 is 5.97 Å². The van der Waals surface area contributed by atoms with Crippen LogP contribution in [0.3, 0.4) is 0 Å². The van der Waals surface area contributed by atoms with Crippen molar-refractivity contribution in [2.75, 3.05) is 11.9 Å². The first-order chi connectivity index (χ1) is 13.4. The van der Waals surface area contributed by atoms with E-state index < -0.39 is 24.4 Å². The van der Waals surface area contributed by atoms with Crippen molar-refractivity contribution < 1.29 is 23.9 Å². The van der Waals surface area contributed by atoms with E-state index in [-0.39, 0.29) is 18.7 Å². The van der Waals surface area contributed by atoms with Gasteiger partial charge in [0.25, 0.3) is 11.8 Å². The van der Waals surface area contributed by atoms with Crippen molar-refractivity contribution in [3.8, 4) is 0 Å². The van der Waals surface area contributed by atoms with Crippen molar-refractivity contribution in [3.63, 3.8) is 0 Å². The maximum absolute atomic E-state index is 11.8. The van der Waals surface area contributed by atoms with Crippen LogP contribution in [-0.4, -0.2) is 30.3 Å². The minimum Gasteiger partial charge on any atom is -0.455 e. The lowest BCUT2D eigenvalue weighted by Crippen LogP contribution is -2.43. The highest BCUT2D eigenvalue weighted by Crippen LogP contribution is 2.10. The number of rotatable bonds is 7. The monoisotopic (exact) mass is 383 g/mol. The molecule has 0 aliphatic heterocycles. The number of hydrogen-bond acceptors (Lipinski definition) is 5. The van der Waals surface area contributed by atoms with Gasteiger partial charge in [0.15, 0.2) is 6.61 Å². The van der Waals surface area contributed by atoms with Gasteiger partial charge in [0.05, 0.1) is 6.42 Å². The van der Waals surface area contributed by atoms with Gasteiger partial charge in [0.1, 0.15) is 0 Å². The number of carbonyl (C=O) groups excluding carboxylic acids is 4. The first kappa shape index (κ1) is 20.6. The van der Waals surface area contributed by atoms with E-state index in [9.17, 15) is 19.2 Å². The summed E-state index contributed by atoms with van der Waals surface area (Å²) in [6, 6.07) is 15.6. The zero-order chi connectivity index (χ0) is 20.4. The molecular formula is C20H21N3O5. The van der Waals surface area contributed by atoms with Gasteiger partial charge in [-0.15, -0.1) is 0 Å². The standard InChI is InChI=1S/C20H21N3O5/c1-14-6-5-9-16(12-14)21-17(24)10-11-19(26)28-13-18(25)22-23-20(27)15-7-3-2-4-8-15/h2-9,12H,10-11,13H2,1H3,(H,21,24)(H,22,25)(H,23,27). The van der Waals surface area contributed by atoms with Crippen molar-refractivity contribution in [2.24, 2.45) is 0 Å². The number of carbonyl (C=O) groups is 4. The van der Waals surface area contributed by atoms with Gasteiger partial charge in [-0.1, -0.05) is 30.3 Å². The minimum atomic E-state index is -0.693. The van der Waals surface area contributed by atoms with Crippen LogP contribution in [0.25, 0.3) is 0 Å². The van der Waals surface area contributed by atoms with Gasteiger partial charge in [-0.25, -0.2) is 0 Å². The van der Waals surface area contributed by atoms with E-state index in [1.807, 2.05) is 25.1 Å². The molecule has 0 saturated carbocycles. The molecule has 8 nitrogen and oxygen atoms in total. The van der Waals surface area contributed by atoms with E-state index in [1.54, 1.807) is 36.4 Å². The third kappa shape index (κ3) is 7.28. The summed E-state index contributed by atoms with van der Waals surface area (Å²) in [7, 11) is 0. The molecule has 0 saturated heterocycles. The number of benzene rings is 2. The molecule has 0 radical (unpaired) electrons. The molecule has 8 heteroatoms. The van der Waals surface area contributed by atoms with E-state index in [0.717, 1.165) is 5.56 Å². The smallest absolute Gasteiger partial charge is 0.306 e. The zero-order valence-electron chi connectivity index (χ0n) is 15.4. The van der Waals surface area contributed by atoms with E-state index in [1.165, 1.54) is 0 Å². The van der Waals surface area contributed by atoms with Crippen LogP contribution in [0.2, 0.25) is 0 Å². The van der Waals surface area contributed by atoms with Crippen molar-refractivity contribution in [1.82, 2.24) is 10.9 Å². The molecule has 0 fully saturated rings. The number of esters is 1. The molecule has 0 aliphatic carbocycles. The number of hydrazine groups is 1. The summed E-state index contributed by atoms with van der Waals surface area (Å²) in [5, 5.41) is 2.68. The molecule has 0 spiro atoms. The first-order valence-electron chi connectivity index (χ1n) is 8.60. The van der Waals surface area contributed by atoms with Crippen LogP contribution in [-0.2, 0) is 19.1 Å². The topological polar surface area (TPSA) is 114 Å². The first-order valence-corrected chi connectivity index (χ1v) is 8.60. The molecule has 0 heterocycles. The second-order valence-corrected chi connectivity index (χ2v) is 5.95. The Balaban J connectivity index is 1.63. The molecule has 2 aromatic carbocycles. The number of ether oxygens (including phenoxy) is 1. The molecule has 2 aromatic rings. The Kier molecular flexibility index (Phi) is 7.71. The molecule has 0 atom stereocenters. The Bertz CT molecular complexity index is 852. The average Bonchev–Trinajstić information content (AvgIpc) is 2.69. The molecule has 146 valence electrons. The number of hydrogen-bond donors (Lipinski definition) is 3. The number of amides is 3. The Morgan fingerprint density at radius 3 is 2.32 bits per heavy atom. The molecule has 3 amide bonds. The zero-order valence-corrected chi connectivity index (χ0v) is 15.4. The summed E-state index contributed by atoms with van der Waals surface area (Å²) in [6.07, 6.45) is -0.236. The highest BCUT2D eigenvalue weighted by Gasteiger charge is 2.12. The van der Waals surface area contributed by atoms with Crippen molar-refractivity contribution in [3.05, 3.63) is 65.7 Å². The van der Waals surface area contributed by atoms with Crippen LogP contribution in [0.5, 0.6) is 0 Å². The van der Waals surface area contributed by atoms with Crippen molar-refractivity contribution in [1.29, 1.82) is 0 Å². The fraction of sp³-hybridized carbons (Fsp3) is 0.200. The van der Waals surface area contributed by atoms with E-state index in [0.29, 0.717) is 11.3 Å². The summed E-state index contributed by atoms with van der Waals surface area (Å²) in [6.45, 7) is 1.34. The maximum Gasteiger partial charge on any atom is 0.306 e.